The maximum atomic E-state index is 12.0. The highest BCUT2D eigenvalue weighted by Crippen LogP contribution is 2.29. The predicted molar refractivity (Wildman–Crippen MR) is 120 cm³/mol. The topological polar surface area (TPSA) is 59.4 Å². The van der Waals surface area contributed by atoms with Gasteiger partial charge in [-0.15, -0.1) is 0 Å². The highest BCUT2D eigenvalue weighted by Gasteiger charge is 2.19. The summed E-state index contributed by atoms with van der Waals surface area (Å²) in [5.41, 5.74) is 5.30. The summed E-state index contributed by atoms with van der Waals surface area (Å²) in [7, 11) is 0. The van der Waals surface area contributed by atoms with Gasteiger partial charge < -0.3 is 9.84 Å². The number of ether oxygens (including phenoxy) is 1. The van der Waals surface area contributed by atoms with Gasteiger partial charge in [0.05, 0.1) is 11.3 Å². The van der Waals surface area contributed by atoms with Gasteiger partial charge >= 0.3 is 5.97 Å². The lowest BCUT2D eigenvalue weighted by Crippen LogP contribution is -2.12. The summed E-state index contributed by atoms with van der Waals surface area (Å²) in [6.45, 7) is 8.32. The zero-order valence-electron chi connectivity index (χ0n) is 17.7. The molecule has 0 bridgehead atoms. The number of carboxylic acid groups (broad SMARTS) is 1. The van der Waals surface area contributed by atoms with Gasteiger partial charge in [0, 0.05) is 16.3 Å². The van der Waals surface area contributed by atoms with E-state index in [1.807, 2.05) is 44.2 Å². The number of aromatic nitrogens is 1. The molecule has 1 heterocycles. The highest BCUT2D eigenvalue weighted by molar-refractivity contribution is 6.30. The van der Waals surface area contributed by atoms with E-state index in [2.05, 4.69) is 13.8 Å². The van der Waals surface area contributed by atoms with Crippen molar-refractivity contribution >= 4 is 17.6 Å². The van der Waals surface area contributed by atoms with Crippen LogP contribution in [-0.4, -0.2) is 16.1 Å². The lowest BCUT2D eigenvalue weighted by atomic mass is 9.95. The van der Waals surface area contributed by atoms with Gasteiger partial charge in [0.2, 0.25) is 0 Å². The van der Waals surface area contributed by atoms with Crippen LogP contribution in [0.15, 0.2) is 48.5 Å². The molecule has 1 N–H and O–H groups in total. The number of carbonyl (C=O) groups is 1. The van der Waals surface area contributed by atoms with Gasteiger partial charge in [0.25, 0.3) is 0 Å². The van der Waals surface area contributed by atoms with Crippen molar-refractivity contribution in [2.75, 3.05) is 0 Å². The van der Waals surface area contributed by atoms with Crippen LogP contribution in [0, 0.1) is 19.8 Å². The molecule has 0 spiro atoms. The van der Waals surface area contributed by atoms with Crippen LogP contribution < -0.4 is 4.74 Å². The van der Waals surface area contributed by atoms with Crippen LogP contribution in [0.3, 0.4) is 0 Å². The van der Waals surface area contributed by atoms with E-state index in [0.29, 0.717) is 16.6 Å². The lowest BCUT2D eigenvalue weighted by molar-refractivity contribution is 0.0693. The fraction of sp³-hybridized carbons (Fsp3) is 0.280. The molecule has 0 saturated heterocycles. The number of hydrogen-bond donors (Lipinski definition) is 1. The van der Waals surface area contributed by atoms with Crippen LogP contribution in [0.2, 0.25) is 5.02 Å². The third-order valence-electron chi connectivity index (χ3n) is 4.86. The van der Waals surface area contributed by atoms with Gasteiger partial charge in [-0.2, -0.15) is 0 Å². The van der Waals surface area contributed by atoms with Crippen LogP contribution in [0.4, 0.5) is 0 Å². The Bertz CT molecular complexity index is 1060. The Hall–Kier alpha value is -2.85. The molecule has 3 aromatic rings. The minimum absolute atomic E-state index is 0.0948. The number of nitrogens with zero attached hydrogens (tertiary/aromatic N) is 1. The zero-order chi connectivity index (χ0) is 21.8. The second kappa shape index (κ2) is 9.31. The normalized spacial score (nSPS) is 11.0. The molecule has 2 aromatic carbocycles. The molecule has 0 atom stereocenters. The second-order valence-electron chi connectivity index (χ2n) is 7.94. The Labute approximate surface area is 182 Å². The van der Waals surface area contributed by atoms with Crippen molar-refractivity contribution in [3.05, 3.63) is 81.6 Å². The molecule has 0 unspecified atom stereocenters. The van der Waals surface area contributed by atoms with Crippen molar-refractivity contribution in [3.63, 3.8) is 0 Å². The Balaban J connectivity index is 2.03. The van der Waals surface area contributed by atoms with Gasteiger partial charge in [-0.05, 0) is 61.6 Å². The van der Waals surface area contributed by atoms with Crippen molar-refractivity contribution < 1.29 is 14.6 Å². The summed E-state index contributed by atoms with van der Waals surface area (Å²) in [4.78, 5) is 16.8. The Morgan fingerprint density at radius 2 is 1.77 bits per heavy atom. The molecule has 0 aliphatic carbocycles. The molecule has 1 aromatic heterocycles. The SMILES string of the molecule is Cc1ccc(OCc2nc(CC(C)C)c(-c3ccc(Cl)cc3)cc2C(=O)O)c(C)c1. The van der Waals surface area contributed by atoms with E-state index in [0.717, 1.165) is 40.1 Å². The van der Waals surface area contributed by atoms with E-state index in [4.69, 9.17) is 21.3 Å². The van der Waals surface area contributed by atoms with Crippen molar-refractivity contribution in [1.29, 1.82) is 0 Å². The van der Waals surface area contributed by atoms with Gasteiger partial charge in [-0.1, -0.05) is 55.3 Å². The summed E-state index contributed by atoms with van der Waals surface area (Å²) in [6, 6.07) is 15.0. The monoisotopic (exact) mass is 423 g/mol. The number of aryl methyl sites for hydroxylation is 2. The molecule has 30 heavy (non-hydrogen) atoms. The first kappa shape index (κ1) is 21.8. The van der Waals surface area contributed by atoms with E-state index < -0.39 is 5.97 Å². The van der Waals surface area contributed by atoms with E-state index in [1.165, 1.54) is 0 Å². The second-order valence-corrected chi connectivity index (χ2v) is 8.38. The fourth-order valence-corrected chi connectivity index (χ4v) is 3.54. The maximum absolute atomic E-state index is 12.0. The van der Waals surface area contributed by atoms with Gasteiger partial charge in [0.1, 0.15) is 12.4 Å². The predicted octanol–water partition coefficient (Wildman–Crippen LogP) is 6.49. The number of carboxylic acids is 1. The van der Waals surface area contributed by atoms with E-state index in [9.17, 15) is 9.90 Å². The van der Waals surface area contributed by atoms with Crippen LogP contribution in [0.1, 0.15) is 46.7 Å². The molecule has 5 heteroatoms. The molecule has 0 saturated carbocycles. The van der Waals surface area contributed by atoms with Crippen molar-refractivity contribution in [1.82, 2.24) is 4.98 Å². The summed E-state index contributed by atoms with van der Waals surface area (Å²) >= 11 is 6.03. The third-order valence-corrected chi connectivity index (χ3v) is 5.11. The number of hydrogen-bond acceptors (Lipinski definition) is 3. The molecule has 0 radical (unpaired) electrons. The minimum atomic E-state index is -1.02. The zero-order valence-corrected chi connectivity index (χ0v) is 18.5. The first-order valence-corrected chi connectivity index (χ1v) is 10.3. The van der Waals surface area contributed by atoms with E-state index in [1.54, 1.807) is 18.2 Å². The molecule has 0 amide bonds. The number of pyridine rings is 1. The third kappa shape index (κ3) is 5.19. The Morgan fingerprint density at radius 1 is 1.07 bits per heavy atom. The standard InChI is InChI=1S/C25H26ClNO3/c1-15(2)11-22-20(18-6-8-19(26)9-7-18)13-21(25(28)29)23(27-22)14-30-24-10-5-16(3)12-17(24)4/h5-10,12-13,15H,11,14H2,1-4H3,(H,28,29). The first-order chi connectivity index (χ1) is 14.2. The van der Waals surface area contributed by atoms with Gasteiger partial charge in [0.15, 0.2) is 0 Å². The van der Waals surface area contributed by atoms with Crippen molar-refractivity contribution in [3.8, 4) is 16.9 Å². The summed E-state index contributed by atoms with van der Waals surface area (Å²) in [6.07, 6.45) is 0.731. The minimum Gasteiger partial charge on any atom is -0.487 e. The molecule has 0 aliphatic rings. The summed E-state index contributed by atoms with van der Waals surface area (Å²) in [5.74, 6) is 0.0753. The smallest absolute Gasteiger partial charge is 0.337 e. The first-order valence-electron chi connectivity index (χ1n) is 9.96. The molecule has 0 fully saturated rings. The Kier molecular flexibility index (Phi) is 6.78. The average molecular weight is 424 g/mol. The summed E-state index contributed by atoms with van der Waals surface area (Å²) < 4.78 is 5.95. The molecule has 156 valence electrons. The van der Waals surface area contributed by atoms with Crippen LogP contribution in [0.5, 0.6) is 5.75 Å². The van der Waals surface area contributed by atoms with E-state index >= 15 is 0 Å². The van der Waals surface area contributed by atoms with E-state index in [-0.39, 0.29) is 12.2 Å². The number of halogens is 1. The fourth-order valence-electron chi connectivity index (χ4n) is 3.42. The van der Waals surface area contributed by atoms with Crippen molar-refractivity contribution in [2.24, 2.45) is 5.92 Å². The highest BCUT2D eigenvalue weighted by atomic mass is 35.5. The Morgan fingerprint density at radius 3 is 2.37 bits per heavy atom. The molecular weight excluding hydrogens is 398 g/mol. The number of benzene rings is 2. The van der Waals surface area contributed by atoms with Crippen molar-refractivity contribution in [2.45, 2.75) is 40.7 Å². The maximum Gasteiger partial charge on any atom is 0.337 e. The van der Waals surface area contributed by atoms with Gasteiger partial charge in [-0.3, -0.25) is 4.98 Å². The number of rotatable bonds is 7. The lowest BCUT2D eigenvalue weighted by Gasteiger charge is -2.17. The quantitative estimate of drug-likeness (QED) is 0.471. The number of aromatic carboxylic acids is 1. The molecular formula is C25H26ClNO3. The van der Waals surface area contributed by atoms with Gasteiger partial charge in [-0.25, -0.2) is 4.79 Å². The largest absolute Gasteiger partial charge is 0.487 e. The van der Waals surface area contributed by atoms with Crippen LogP contribution in [-0.2, 0) is 13.0 Å². The molecule has 0 aliphatic heterocycles. The van der Waals surface area contributed by atoms with Crippen LogP contribution >= 0.6 is 11.6 Å². The molecule has 4 nitrogen and oxygen atoms in total. The van der Waals surface area contributed by atoms with Crippen LogP contribution in [0.25, 0.3) is 11.1 Å². The average Bonchev–Trinajstić information content (AvgIpc) is 2.67. The molecule has 3 rings (SSSR count). The summed E-state index contributed by atoms with van der Waals surface area (Å²) in [5, 5.41) is 10.5.